The summed E-state index contributed by atoms with van der Waals surface area (Å²) in [5.74, 6) is -0.496. The van der Waals surface area contributed by atoms with Gasteiger partial charge in [0.1, 0.15) is 5.60 Å². The van der Waals surface area contributed by atoms with Crippen LogP contribution in [-0.4, -0.2) is 42.3 Å². The molecule has 1 amide bonds. The van der Waals surface area contributed by atoms with Gasteiger partial charge in [-0.25, -0.2) is 4.79 Å². The van der Waals surface area contributed by atoms with Crippen LogP contribution in [-0.2, 0) is 14.3 Å². The second kappa shape index (κ2) is 4.31. The van der Waals surface area contributed by atoms with E-state index >= 15 is 0 Å². The first-order valence-corrected chi connectivity index (χ1v) is 5.33. The standard InChI is InChI=1S/C11H19NO4/c1-7-8(9(13)15-5)6-12(7)10(14)16-11(2,3)4/h7-8H,6H2,1-5H3/t7-,8?/m0/s1. The Morgan fingerprint density at radius 1 is 1.31 bits per heavy atom. The molecule has 1 heterocycles. The molecule has 16 heavy (non-hydrogen) atoms. The van der Waals surface area contributed by atoms with Gasteiger partial charge in [-0.15, -0.1) is 0 Å². The third-order valence-electron chi connectivity index (χ3n) is 2.60. The highest BCUT2D eigenvalue weighted by atomic mass is 16.6. The minimum Gasteiger partial charge on any atom is -0.469 e. The number of carbonyl (C=O) groups is 2. The second-order valence-corrected chi connectivity index (χ2v) is 5.00. The van der Waals surface area contributed by atoms with Gasteiger partial charge in [-0.1, -0.05) is 0 Å². The Bertz CT molecular complexity index is 295. The average molecular weight is 229 g/mol. The number of hydrogen-bond acceptors (Lipinski definition) is 4. The molecule has 0 aromatic heterocycles. The Labute approximate surface area is 95.7 Å². The molecule has 1 fully saturated rings. The Morgan fingerprint density at radius 3 is 2.25 bits per heavy atom. The summed E-state index contributed by atoms with van der Waals surface area (Å²) >= 11 is 0. The predicted molar refractivity (Wildman–Crippen MR) is 57.9 cm³/mol. The number of likely N-dealkylation sites (tertiary alicyclic amines) is 1. The first-order valence-electron chi connectivity index (χ1n) is 5.33. The number of ether oxygens (including phenoxy) is 2. The van der Waals surface area contributed by atoms with Crippen molar-refractivity contribution in [3.63, 3.8) is 0 Å². The van der Waals surface area contributed by atoms with E-state index < -0.39 is 5.60 Å². The molecule has 5 heteroatoms. The molecule has 2 atom stereocenters. The van der Waals surface area contributed by atoms with E-state index in [0.717, 1.165) is 0 Å². The van der Waals surface area contributed by atoms with E-state index in [9.17, 15) is 9.59 Å². The van der Waals surface area contributed by atoms with Crippen LogP contribution in [0.4, 0.5) is 4.79 Å². The third-order valence-corrected chi connectivity index (χ3v) is 2.60. The van der Waals surface area contributed by atoms with E-state index in [1.807, 2.05) is 27.7 Å². The third kappa shape index (κ3) is 2.65. The Balaban J connectivity index is 2.49. The molecule has 1 rings (SSSR count). The number of amides is 1. The van der Waals surface area contributed by atoms with E-state index in [4.69, 9.17) is 4.74 Å². The van der Waals surface area contributed by atoms with E-state index in [2.05, 4.69) is 4.74 Å². The van der Waals surface area contributed by atoms with Gasteiger partial charge in [0.25, 0.3) is 0 Å². The van der Waals surface area contributed by atoms with Crippen LogP contribution in [0.5, 0.6) is 0 Å². The fraction of sp³-hybridized carbons (Fsp3) is 0.818. The molecule has 1 aliphatic rings. The van der Waals surface area contributed by atoms with Crippen LogP contribution in [0.1, 0.15) is 27.7 Å². The Morgan fingerprint density at radius 2 is 1.88 bits per heavy atom. The molecular formula is C11H19NO4. The highest BCUT2D eigenvalue weighted by Crippen LogP contribution is 2.27. The lowest BCUT2D eigenvalue weighted by Gasteiger charge is -2.44. The molecule has 1 saturated heterocycles. The van der Waals surface area contributed by atoms with Gasteiger partial charge in [0, 0.05) is 12.6 Å². The first-order chi connectivity index (χ1) is 7.26. The lowest BCUT2D eigenvalue weighted by Crippen LogP contribution is -2.60. The van der Waals surface area contributed by atoms with Crippen molar-refractivity contribution in [1.82, 2.24) is 4.90 Å². The highest BCUT2D eigenvalue weighted by molar-refractivity contribution is 5.79. The maximum Gasteiger partial charge on any atom is 0.410 e. The maximum atomic E-state index is 11.7. The summed E-state index contributed by atoms with van der Waals surface area (Å²) in [5.41, 5.74) is -0.507. The van der Waals surface area contributed by atoms with Crippen molar-refractivity contribution < 1.29 is 19.1 Å². The van der Waals surface area contributed by atoms with Crippen molar-refractivity contribution in [2.75, 3.05) is 13.7 Å². The van der Waals surface area contributed by atoms with Crippen molar-refractivity contribution >= 4 is 12.1 Å². The zero-order valence-corrected chi connectivity index (χ0v) is 10.4. The van der Waals surface area contributed by atoms with E-state index in [0.29, 0.717) is 6.54 Å². The normalized spacial score (nSPS) is 24.7. The quantitative estimate of drug-likeness (QED) is 0.638. The van der Waals surface area contributed by atoms with Crippen LogP contribution in [0.2, 0.25) is 0 Å². The number of nitrogens with zero attached hydrogens (tertiary/aromatic N) is 1. The maximum absolute atomic E-state index is 11.7. The van der Waals surface area contributed by atoms with E-state index in [1.165, 1.54) is 12.0 Å². The lowest BCUT2D eigenvalue weighted by atomic mass is 9.90. The van der Waals surface area contributed by atoms with Gasteiger partial charge in [0.15, 0.2) is 0 Å². The number of rotatable bonds is 1. The molecule has 0 spiro atoms. The van der Waals surface area contributed by atoms with Gasteiger partial charge in [-0.3, -0.25) is 4.79 Å². The molecule has 0 aromatic rings. The largest absolute Gasteiger partial charge is 0.469 e. The molecule has 5 nitrogen and oxygen atoms in total. The number of carbonyl (C=O) groups excluding carboxylic acids is 2. The molecule has 1 unspecified atom stereocenters. The number of methoxy groups -OCH3 is 1. The lowest BCUT2D eigenvalue weighted by molar-refractivity contribution is -0.154. The van der Waals surface area contributed by atoms with Gasteiger partial charge >= 0.3 is 12.1 Å². The zero-order valence-electron chi connectivity index (χ0n) is 10.4. The minimum absolute atomic E-state index is 0.151. The van der Waals surface area contributed by atoms with Crippen LogP contribution in [0.3, 0.4) is 0 Å². The topological polar surface area (TPSA) is 55.8 Å². The summed E-state index contributed by atoms with van der Waals surface area (Å²) in [4.78, 5) is 24.5. The van der Waals surface area contributed by atoms with Gasteiger partial charge in [0.05, 0.1) is 13.0 Å². The van der Waals surface area contributed by atoms with Crippen molar-refractivity contribution in [3.05, 3.63) is 0 Å². The molecule has 0 N–H and O–H groups in total. The molecule has 0 saturated carbocycles. The van der Waals surface area contributed by atoms with Gasteiger partial charge in [-0.05, 0) is 27.7 Å². The van der Waals surface area contributed by atoms with Crippen LogP contribution in [0, 0.1) is 5.92 Å². The summed E-state index contributed by atoms with van der Waals surface area (Å²) in [7, 11) is 1.35. The van der Waals surface area contributed by atoms with Gasteiger partial charge in [-0.2, -0.15) is 0 Å². The second-order valence-electron chi connectivity index (χ2n) is 5.00. The summed E-state index contributed by atoms with van der Waals surface area (Å²) < 4.78 is 9.84. The van der Waals surface area contributed by atoms with Gasteiger partial charge in [0.2, 0.25) is 0 Å². The first kappa shape index (κ1) is 12.8. The minimum atomic E-state index is -0.507. The Kier molecular flexibility index (Phi) is 3.45. The molecule has 1 aliphatic heterocycles. The van der Waals surface area contributed by atoms with E-state index in [1.54, 1.807) is 0 Å². The van der Waals surface area contributed by atoms with Crippen molar-refractivity contribution in [2.24, 2.45) is 5.92 Å². The van der Waals surface area contributed by atoms with Crippen molar-refractivity contribution in [3.8, 4) is 0 Å². The summed E-state index contributed by atoms with van der Waals surface area (Å²) in [6, 6.07) is -0.151. The van der Waals surface area contributed by atoms with E-state index in [-0.39, 0.29) is 24.0 Å². The van der Waals surface area contributed by atoms with Crippen molar-refractivity contribution in [2.45, 2.75) is 39.3 Å². The number of hydrogen-bond donors (Lipinski definition) is 0. The predicted octanol–water partition coefficient (Wildman–Crippen LogP) is 1.41. The summed E-state index contributed by atoms with van der Waals surface area (Å²) in [6.07, 6.45) is -0.375. The zero-order chi connectivity index (χ0) is 12.5. The molecule has 92 valence electrons. The SMILES string of the molecule is COC(=O)C1CN(C(=O)OC(C)(C)C)[C@H]1C. The molecule has 0 aliphatic carbocycles. The van der Waals surface area contributed by atoms with Crippen LogP contribution < -0.4 is 0 Å². The van der Waals surface area contributed by atoms with Crippen LogP contribution in [0.15, 0.2) is 0 Å². The van der Waals surface area contributed by atoms with Crippen LogP contribution >= 0.6 is 0 Å². The number of esters is 1. The van der Waals surface area contributed by atoms with Crippen molar-refractivity contribution in [1.29, 1.82) is 0 Å². The fourth-order valence-corrected chi connectivity index (χ4v) is 1.59. The summed E-state index contributed by atoms with van der Waals surface area (Å²) in [5, 5.41) is 0. The van der Waals surface area contributed by atoms with Crippen LogP contribution in [0.25, 0.3) is 0 Å². The highest BCUT2D eigenvalue weighted by Gasteiger charge is 2.45. The van der Waals surface area contributed by atoms with Gasteiger partial charge < -0.3 is 14.4 Å². The molecular weight excluding hydrogens is 210 g/mol. The monoisotopic (exact) mass is 229 g/mol. The molecule has 0 radical (unpaired) electrons. The Hall–Kier alpha value is -1.26. The molecule has 0 aromatic carbocycles. The summed E-state index contributed by atoms with van der Waals surface area (Å²) in [6.45, 7) is 7.63. The smallest absolute Gasteiger partial charge is 0.410 e. The molecule has 0 bridgehead atoms. The fourth-order valence-electron chi connectivity index (χ4n) is 1.59. The average Bonchev–Trinajstić information content (AvgIpc) is 2.12.